The van der Waals surface area contributed by atoms with E-state index in [9.17, 15) is 8.42 Å². The first-order valence-electron chi connectivity index (χ1n) is 6.80. The molecule has 1 N–H and O–H groups in total. The molecule has 0 aromatic heterocycles. The van der Waals surface area contributed by atoms with Crippen molar-refractivity contribution >= 4 is 15.7 Å². The number of methoxy groups -OCH3 is 2. The fourth-order valence-electron chi connectivity index (χ4n) is 2.03. The van der Waals surface area contributed by atoms with Crippen LogP contribution in [0.5, 0.6) is 11.5 Å². The Bertz CT molecular complexity index is 714. The molecule has 0 saturated heterocycles. The molecule has 0 aliphatic rings. The van der Waals surface area contributed by atoms with E-state index in [1.54, 1.807) is 18.2 Å². The maximum atomic E-state index is 12.1. The van der Waals surface area contributed by atoms with Gasteiger partial charge in [0.1, 0.15) is 0 Å². The number of rotatable bonds is 7. The molecule has 118 valence electrons. The number of benzene rings is 2. The van der Waals surface area contributed by atoms with Crippen LogP contribution in [0, 0.1) is 0 Å². The highest BCUT2D eigenvalue weighted by molar-refractivity contribution is 7.92. The molecule has 0 bridgehead atoms. The van der Waals surface area contributed by atoms with E-state index in [1.165, 1.54) is 14.2 Å². The first kappa shape index (κ1) is 16.2. The number of ether oxygens (including phenoxy) is 2. The van der Waals surface area contributed by atoms with Gasteiger partial charge in [-0.2, -0.15) is 0 Å². The van der Waals surface area contributed by atoms with Crippen LogP contribution in [0.4, 0.5) is 5.69 Å². The summed E-state index contributed by atoms with van der Waals surface area (Å²) in [6.07, 6.45) is 0.462. The Hall–Kier alpha value is -2.21. The highest BCUT2D eigenvalue weighted by atomic mass is 32.2. The van der Waals surface area contributed by atoms with Crippen molar-refractivity contribution in [2.45, 2.75) is 6.42 Å². The van der Waals surface area contributed by atoms with Crippen molar-refractivity contribution in [3.8, 4) is 11.5 Å². The molecule has 5 nitrogen and oxygen atoms in total. The molecule has 0 aliphatic carbocycles. The third-order valence-electron chi connectivity index (χ3n) is 3.16. The van der Waals surface area contributed by atoms with Crippen molar-refractivity contribution in [3.05, 3.63) is 54.1 Å². The number of nitrogens with one attached hydrogen (secondary N) is 1. The van der Waals surface area contributed by atoms with Crippen LogP contribution in [0.2, 0.25) is 0 Å². The smallest absolute Gasteiger partial charge is 0.233 e. The van der Waals surface area contributed by atoms with Gasteiger partial charge < -0.3 is 9.47 Å². The van der Waals surface area contributed by atoms with Gasteiger partial charge in [0.05, 0.1) is 25.7 Å². The first-order valence-corrected chi connectivity index (χ1v) is 8.46. The quantitative estimate of drug-likeness (QED) is 0.851. The number of hydrogen-bond donors (Lipinski definition) is 1. The van der Waals surface area contributed by atoms with Gasteiger partial charge in [-0.3, -0.25) is 4.72 Å². The predicted octanol–water partition coefficient (Wildman–Crippen LogP) is 2.69. The summed E-state index contributed by atoms with van der Waals surface area (Å²) in [6, 6.07) is 14.4. The minimum atomic E-state index is -3.42. The van der Waals surface area contributed by atoms with Gasteiger partial charge in [-0.05, 0) is 24.1 Å². The van der Waals surface area contributed by atoms with Gasteiger partial charge in [-0.1, -0.05) is 30.3 Å². The van der Waals surface area contributed by atoms with Crippen LogP contribution in [-0.2, 0) is 16.4 Å². The molecular weight excluding hydrogens is 302 g/mol. The van der Waals surface area contributed by atoms with Crippen LogP contribution in [0.25, 0.3) is 0 Å². The Morgan fingerprint density at radius 3 is 2.27 bits per heavy atom. The second kappa shape index (κ2) is 7.17. The molecule has 0 spiro atoms. The minimum Gasteiger partial charge on any atom is -0.493 e. The molecule has 0 atom stereocenters. The lowest BCUT2D eigenvalue weighted by atomic mass is 10.2. The van der Waals surface area contributed by atoms with E-state index in [-0.39, 0.29) is 5.75 Å². The van der Waals surface area contributed by atoms with E-state index in [2.05, 4.69) is 4.72 Å². The standard InChI is InChI=1S/C16H19NO4S/c1-20-15-9-8-14(12-16(15)21-2)17-22(18,19)11-10-13-6-4-3-5-7-13/h3-9,12,17H,10-11H2,1-2H3. The van der Waals surface area contributed by atoms with Crippen LogP contribution in [0.15, 0.2) is 48.5 Å². The lowest BCUT2D eigenvalue weighted by Crippen LogP contribution is -2.18. The third kappa shape index (κ3) is 4.39. The summed E-state index contributed by atoms with van der Waals surface area (Å²) in [5, 5.41) is 0. The van der Waals surface area contributed by atoms with Gasteiger partial charge >= 0.3 is 0 Å². The largest absolute Gasteiger partial charge is 0.493 e. The Balaban J connectivity index is 2.05. The lowest BCUT2D eigenvalue weighted by molar-refractivity contribution is 0.355. The number of sulfonamides is 1. The average Bonchev–Trinajstić information content (AvgIpc) is 2.53. The van der Waals surface area contributed by atoms with Gasteiger partial charge in [0.25, 0.3) is 0 Å². The van der Waals surface area contributed by atoms with Crippen LogP contribution < -0.4 is 14.2 Å². The maximum Gasteiger partial charge on any atom is 0.233 e. The maximum absolute atomic E-state index is 12.1. The Labute approximate surface area is 130 Å². The van der Waals surface area contributed by atoms with Crippen LogP contribution in [-0.4, -0.2) is 28.4 Å². The molecule has 0 heterocycles. The van der Waals surface area contributed by atoms with E-state index < -0.39 is 10.0 Å². The van der Waals surface area contributed by atoms with E-state index in [0.717, 1.165) is 5.56 Å². The monoisotopic (exact) mass is 321 g/mol. The Morgan fingerprint density at radius 2 is 1.64 bits per heavy atom. The second-order valence-corrected chi connectivity index (χ2v) is 6.57. The van der Waals surface area contributed by atoms with Gasteiger partial charge in [0, 0.05) is 6.07 Å². The normalized spacial score (nSPS) is 11.0. The molecule has 2 rings (SSSR count). The SMILES string of the molecule is COc1ccc(NS(=O)(=O)CCc2ccccc2)cc1OC. The molecule has 22 heavy (non-hydrogen) atoms. The van der Waals surface area contributed by atoms with Gasteiger partial charge in [-0.15, -0.1) is 0 Å². The van der Waals surface area contributed by atoms with Crippen LogP contribution in [0.1, 0.15) is 5.56 Å². The molecule has 0 aliphatic heterocycles. The number of hydrogen-bond acceptors (Lipinski definition) is 4. The van der Waals surface area contributed by atoms with Crippen molar-refractivity contribution in [2.75, 3.05) is 24.7 Å². The second-order valence-electron chi connectivity index (χ2n) is 4.73. The summed E-state index contributed by atoms with van der Waals surface area (Å²) in [7, 11) is -0.389. The molecule has 0 unspecified atom stereocenters. The number of anilines is 1. The summed E-state index contributed by atoms with van der Waals surface area (Å²) >= 11 is 0. The molecule has 0 amide bonds. The average molecular weight is 321 g/mol. The van der Waals surface area contributed by atoms with E-state index >= 15 is 0 Å². The molecule has 0 radical (unpaired) electrons. The van der Waals surface area contributed by atoms with Crippen molar-refractivity contribution < 1.29 is 17.9 Å². The zero-order valence-corrected chi connectivity index (χ0v) is 13.4. The zero-order chi connectivity index (χ0) is 16.0. The van der Waals surface area contributed by atoms with Crippen molar-refractivity contribution in [2.24, 2.45) is 0 Å². The summed E-state index contributed by atoms with van der Waals surface area (Å²) in [5.74, 6) is 1.05. The molecular formula is C16H19NO4S. The summed E-state index contributed by atoms with van der Waals surface area (Å²) in [5.41, 5.74) is 1.44. The molecule has 0 fully saturated rings. The van der Waals surface area contributed by atoms with E-state index in [1.807, 2.05) is 30.3 Å². The summed E-state index contributed by atoms with van der Waals surface area (Å²) in [4.78, 5) is 0. The predicted molar refractivity (Wildman–Crippen MR) is 87.1 cm³/mol. The van der Waals surface area contributed by atoms with Crippen molar-refractivity contribution in [1.29, 1.82) is 0 Å². The van der Waals surface area contributed by atoms with Crippen LogP contribution >= 0.6 is 0 Å². The fraction of sp³-hybridized carbons (Fsp3) is 0.250. The minimum absolute atomic E-state index is 0.0192. The van der Waals surface area contributed by atoms with E-state index in [4.69, 9.17) is 9.47 Å². The van der Waals surface area contributed by atoms with Gasteiger partial charge in [0.15, 0.2) is 11.5 Å². The summed E-state index contributed by atoms with van der Waals surface area (Å²) < 4.78 is 37.1. The molecule has 2 aromatic rings. The van der Waals surface area contributed by atoms with E-state index in [0.29, 0.717) is 23.6 Å². The lowest BCUT2D eigenvalue weighted by Gasteiger charge is -2.11. The van der Waals surface area contributed by atoms with Gasteiger partial charge in [-0.25, -0.2) is 8.42 Å². The fourth-order valence-corrected chi connectivity index (χ4v) is 3.12. The Morgan fingerprint density at radius 1 is 0.955 bits per heavy atom. The third-order valence-corrected chi connectivity index (χ3v) is 4.45. The van der Waals surface area contributed by atoms with Crippen LogP contribution in [0.3, 0.4) is 0 Å². The zero-order valence-electron chi connectivity index (χ0n) is 12.6. The highest BCUT2D eigenvalue weighted by Crippen LogP contribution is 2.30. The molecule has 0 saturated carbocycles. The van der Waals surface area contributed by atoms with Crippen molar-refractivity contribution in [3.63, 3.8) is 0 Å². The number of aryl methyl sites for hydroxylation is 1. The highest BCUT2D eigenvalue weighted by Gasteiger charge is 2.12. The van der Waals surface area contributed by atoms with Gasteiger partial charge in [0.2, 0.25) is 10.0 Å². The molecule has 2 aromatic carbocycles. The first-order chi connectivity index (χ1) is 10.5. The van der Waals surface area contributed by atoms with Crippen molar-refractivity contribution in [1.82, 2.24) is 0 Å². The Kier molecular flexibility index (Phi) is 5.27. The molecule has 6 heteroatoms. The summed E-state index contributed by atoms with van der Waals surface area (Å²) in [6.45, 7) is 0. The topological polar surface area (TPSA) is 64.6 Å².